The molecule has 1 aromatic carbocycles. The molecule has 0 spiro atoms. The first-order valence-corrected chi connectivity index (χ1v) is 5.42. The Hall–Kier alpha value is -1.08. The molecule has 1 heterocycles. The van der Waals surface area contributed by atoms with Gasteiger partial charge in [0.25, 0.3) is 0 Å². The van der Waals surface area contributed by atoms with E-state index in [0.29, 0.717) is 5.92 Å². The highest BCUT2D eigenvalue weighted by molar-refractivity contribution is 7.13. The van der Waals surface area contributed by atoms with Gasteiger partial charge >= 0.3 is 0 Å². The molecule has 1 heteroatoms. The van der Waals surface area contributed by atoms with Crippen molar-refractivity contribution < 1.29 is 0 Å². The largest absolute Gasteiger partial charge is 0.144 e. The summed E-state index contributed by atoms with van der Waals surface area (Å²) in [7, 11) is 0. The Bertz CT molecular complexity index is 454. The Balaban J connectivity index is 2.37. The van der Waals surface area contributed by atoms with E-state index in [4.69, 9.17) is 0 Å². The van der Waals surface area contributed by atoms with Crippen molar-refractivity contribution in [2.24, 2.45) is 0 Å². The number of hydrogen-bond acceptors (Lipinski definition) is 1. The van der Waals surface area contributed by atoms with Crippen molar-refractivity contribution in [3.8, 4) is 10.4 Å². The normalized spacial score (nSPS) is 18.4. The van der Waals surface area contributed by atoms with Crippen LogP contribution in [0.15, 0.2) is 35.7 Å². The number of fused-ring (bicyclic) bond motifs is 3. The molecule has 0 fully saturated rings. The molecule has 0 aliphatic heterocycles. The highest BCUT2D eigenvalue weighted by Gasteiger charge is 2.25. The SMILES string of the molecule is C[C@H]1c2ccccc2-c2sccc21. The van der Waals surface area contributed by atoms with Crippen molar-refractivity contribution in [1.29, 1.82) is 0 Å². The number of benzene rings is 1. The maximum absolute atomic E-state index is 2.29. The van der Waals surface area contributed by atoms with Gasteiger partial charge in [-0.05, 0) is 28.1 Å². The Labute approximate surface area is 81.9 Å². The third-order valence-electron chi connectivity index (χ3n) is 2.83. The van der Waals surface area contributed by atoms with Crippen molar-refractivity contribution in [2.45, 2.75) is 12.8 Å². The molecular weight excluding hydrogens is 176 g/mol. The van der Waals surface area contributed by atoms with Gasteiger partial charge in [-0.2, -0.15) is 0 Å². The molecule has 13 heavy (non-hydrogen) atoms. The van der Waals surface area contributed by atoms with Crippen LogP contribution in [0.1, 0.15) is 24.0 Å². The van der Waals surface area contributed by atoms with Gasteiger partial charge in [0.1, 0.15) is 0 Å². The zero-order valence-electron chi connectivity index (χ0n) is 7.45. The molecule has 0 N–H and O–H groups in total. The van der Waals surface area contributed by atoms with Crippen LogP contribution in [0.5, 0.6) is 0 Å². The van der Waals surface area contributed by atoms with E-state index in [1.54, 1.807) is 0 Å². The van der Waals surface area contributed by atoms with E-state index in [2.05, 4.69) is 42.6 Å². The maximum Gasteiger partial charge on any atom is 0.0383 e. The average Bonchev–Trinajstić information content (AvgIpc) is 2.72. The highest BCUT2D eigenvalue weighted by atomic mass is 32.1. The van der Waals surface area contributed by atoms with Crippen LogP contribution in [0, 0.1) is 0 Å². The van der Waals surface area contributed by atoms with Crippen LogP contribution >= 0.6 is 11.3 Å². The zero-order chi connectivity index (χ0) is 8.84. The fourth-order valence-electron chi connectivity index (χ4n) is 2.13. The Morgan fingerprint density at radius 2 is 1.92 bits per heavy atom. The summed E-state index contributed by atoms with van der Waals surface area (Å²) in [6, 6.07) is 11.0. The summed E-state index contributed by atoms with van der Waals surface area (Å²) in [5.41, 5.74) is 4.44. The molecule has 0 nitrogen and oxygen atoms in total. The van der Waals surface area contributed by atoms with E-state index in [1.807, 2.05) is 11.3 Å². The average molecular weight is 186 g/mol. The van der Waals surface area contributed by atoms with Crippen LogP contribution < -0.4 is 0 Å². The molecule has 0 radical (unpaired) electrons. The lowest BCUT2D eigenvalue weighted by atomic mass is 10.0. The molecule has 2 aromatic rings. The standard InChI is InChI=1S/C12H10S/c1-8-9-4-2-3-5-11(9)12-10(8)6-7-13-12/h2-8H,1H3/t8-/m0/s1. The van der Waals surface area contributed by atoms with Crippen LogP contribution in [-0.2, 0) is 0 Å². The highest BCUT2D eigenvalue weighted by Crippen LogP contribution is 2.46. The minimum Gasteiger partial charge on any atom is -0.144 e. The monoisotopic (exact) mass is 186 g/mol. The lowest BCUT2D eigenvalue weighted by Gasteiger charge is -2.03. The first-order chi connectivity index (χ1) is 6.38. The second-order valence-electron chi connectivity index (χ2n) is 3.51. The summed E-state index contributed by atoms with van der Waals surface area (Å²) in [5, 5.41) is 2.19. The topological polar surface area (TPSA) is 0 Å². The van der Waals surface area contributed by atoms with Crippen LogP contribution in [0.2, 0.25) is 0 Å². The molecule has 64 valence electrons. The quantitative estimate of drug-likeness (QED) is 0.585. The van der Waals surface area contributed by atoms with Crippen molar-refractivity contribution in [1.82, 2.24) is 0 Å². The lowest BCUT2D eigenvalue weighted by molar-refractivity contribution is 0.960. The van der Waals surface area contributed by atoms with Crippen molar-refractivity contribution in [3.05, 3.63) is 46.8 Å². The van der Waals surface area contributed by atoms with Gasteiger partial charge in [0, 0.05) is 10.8 Å². The molecule has 0 unspecified atom stereocenters. The van der Waals surface area contributed by atoms with E-state index in [-0.39, 0.29) is 0 Å². The van der Waals surface area contributed by atoms with Gasteiger partial charge in [-0.15, -0.1) is 11.3 Å². The van der Waals surface area contributed by atoms with Crippen LogP contribution in [0.25, 0.3) is 10.4 Å². The fourth-order valence-corrected chi connectivity index (χ4v) is 3.17. The number of thiophene rings is 1. The van der Waals surface area contributed by atoms with Crippen LogP contribution in [-0.4, -0.2) is 0 Å². The van der Waals surface area contributed by atoms with Gasteiger partial charge < -0.3 is 0 Å². The number of rotatable bonds is 0. The number of hydrogen-bond donors (Lipinski definition) is 0. The van der Waals surface area contributed by atoms with Gasteiger partial charge in [-0.1, -0.05) is 31.2 Å². The molecular formula is C12H10S. The first-order valence-electron chi connectivity index (χ1n) is 4.54. The smallest absolute Gasteiger partial charge is 0.0383 e. The van der Waals surface area contributed by atoms with Gasteiger partial charge in [-0.25, -0.2) is 0 Å². The van der Waals surface area contributed by atoms with Gasteiger partial charge in [0.05, 0.1) is 0 Å². The molecule has 0 saturated heterocycles. The maximum atomic E-state index is 2.29. The molecule has 1 aliphatic rings. The summed E-state index contributed by atoms with van der Waals surface area (Å²) < 4.78 is 0. The summed E-state index contributed by atoms with van der Waals surface area (Å²) in [6.45, 7) is 2.29. The molecule has 3 rings (SSSR count). The van der Waals surface area contributed by atoms with Crippen molar-refractivity contribution in [2.75, 3.05) is 0 Å². The summed E-state index contributed by atoms with van der Waals surface area (Å²) in [5.74, 6) is 0.595. The zero-order valence-corrected chi connectivity index (χ0v) is 8.27. The lowest BCUT2D eigenvalue weighted by Crippen LogP contribution is -1.87. The van der Waals surface area contributed by atoms with Gasteiger partial charge in [0.2, 0.25) is 0 Å². The van der Waals surface area contributed by atoms with E-state index >= 15 is 0 Å². The second kappa shape index (κ2) is 2.46. The molecule has 0 bridgehead atoms. The van der Waals surface area contributed by atoms with Crippen LogP contribution in [0.3, 0.4) is 0 Å². The fraction of sp³-hybridized carbons (Fsp3) is 0.167. The predicted molar refractivity (Wildman–Crippen MR) is 57.3 cm³/mol. The Kier molecular flexibility index (Phi) is 1.39. The van der Waals surface area contributed by atoms with E-state index in [0.717, 1.165) is 0 Å². The van der Waals surface area contributed by atoms with Gasteiger partial charge in [0.15, 0.2) is 0 Å². The Morgan fingerprint density at radius 1 is 1.08 bits per heavy atom. The van der Waals surface area contributed by atoms with E-state index < -0.39 is 0 Å². The molecule has 1 aromatic heterocycles. The predicted octanol–water partition coefficient (Wildman–Crippen LogP) is 3.88. The molecule has 1 aliphatic carbocycles. The summed E-state index contributed by atoms with van der Waals surface area (Å²) in [6.07, 6.45) is 0. The van der Waals surface area contributed by atoms with E-state index in [1.165, 1.54) is 21.6 Å². The summed E-state index contributed by atoms with van der Waals surface area (Å²) >= 11 is 1.86. The minimum absolute atomic E-state index is 0.595. The van der Waals surface area contributed by atoms with Gasteiger partial charge in [-0.3, -0.25) is 0 Å². The van der Waals surface area contributed by atoms with Crippen molar-refractivity contribution in [3.63, 3.8) is 0 Å². The van der Waals surface area contributed by atoms with Crippen molar-refractivity contribution >= 4 is 11.3 Å². The van der Waals surface area contributed by atoms with Crippen LogP contribution in [0.4, 0.5) is 0 Å². The molecule has 0 amide bonds. The third kappa shape index (κ3) is 0.853. The van der Waals surface area contributed by atoms with E-state index in [9.17, 15) is 0 Å². The first kappa shape index (κ1) is 7.34. The second-order valence-corrected chi connectivity index (χ2v) is 4.43. The molecule has 1 atom stereocenters. The summed E-state index contributed by atoms with van der Waals surface area (Å²) in [4.78, 5) is 1.48. The third-order valence-corrected chi connectivity index (χ3v) is 3.80. The minimum atomic E-state index is 0.595. The Morgan fingerprint density at radius 3 is 2.85 bits per heavy atom. The molecule has 0 saturated carbocycles.